The highest BCUT2D eigenvalue weighted by Gasteiger charge is 2.22. The molecule has 1 aliphatic heterocycles. The van der Waals surface area contributed by atoms with Gasteiger partial charge in [-0.25, -0.2) is 0 Å². The van der Waals surface area contributed by atoms with Gasteiger partial charge in [0, 0.05) is 38.6 Å². The number of hydrogen-bond donors (Lipinski definition) is 1. The molecule has 0 spiro atoms. The van der Waals surface area contributed by atoms with E-state index in [1.54, 1.807) is 0 Å². The zero-order chi connectivity index (χ0) is 10.7. The van der Waals surface area contributed by atoms with Crippen molar-refractivity contribution in [1.82, 2.24) is 9.47 Å². The van der Waals surface area contributed by atoms with Gasteiger partial charge < -0.3 is 15.0 Å². The summed E-state index contributed by atoms with van der Waals surface area (Å²) in [4.78, 5) is 2.40. The molecule has 1 aromatic heterocycles. The molecule has 0 saturated carbocycles. The van der Waals surface area contributed by atoms with E-state index in [1.807, 2.05) is 0 Å². The Kier molecular flexibility index (Phi) is 3.41. The van der Waals surface area contributed by atoms with Crippen LogP contribution in [0.5, 0.6) is 0 Å². The Morgan fingerprint density at radius 2 is 2.20 bits per heavy atom. The summed E-state index contributed by atoms with van der Waals surface area (Å²) < 4.78 is 7.50. The summed E-state index contributed by atoms with van der Waals surface area (Å²) in [6, 6.07) is 4.54. The fraction of sp³-hybridized carbons (Fsp3) is 0.636. The van der Waals surface area contributed by atoms with Crippen molar-refractivity contribution in [3.05, 3.63) is 24.0 Å². The zero-order valence-corrected chi connectivity index (χ0v) is 9.22. The molecule has 1 atom stereocenters. The first-order valence-electron chi connectivity index (χ1n) is 5.46. The molecule has 15 heavy (non-hydrogen) atoms. The predicted octanol–water partition coefficient (Wildman–Crippen LogP) is 0.357. The van der Waals surface area contributed by atoms with Crippen molar-refractivity contribution in [2.24, 2.45) is 12.8 Å². The van der Waals surface area contributed by atoms with Gasteiger partial charge in [0.25, 0.3) is 0 Å². The average Bonchev–Trinajstić information content (AvgIpc) is 2.68. The molecule has 1 saturated heterocycles. The van der Waals surface area contributed by atoms with E-state index in [0.717, 1.165) is 26.3 Å². The van der Waals surface area contributed by atoms with Crippen LogP contribution in [0.3, 0.4) is 0 Å². The zero-order valence-electron chi connectivity index (χ0n) is 9.22. The van der Waals surface area contributed by atoms with Gasteiger partial charge in [0.05, 0.1) is 19.3 Å². The van der Waals surface area contributed by atoms with E-state index in [4.69, 9.17) is 10.5 Å². The summed E-state index contributed by atoms with van der Waals surface area (Å²) >= 11 is 0. The Morgan fingerprint density at radius 3 is 2.73 bits per heavy atom. The van der Waals surface area contributed by atoms with Gasteiger partial charge in [0.1, 0.15) is 0 Å². The number of nitrogens with two attached hydrogens (primary N) is 1. The molecule has 0 amide bonds. The van der Waals surface area contributed by atoms with Crippen LogP contribution in [0.25, 0.3) is 0 Å². The monoisotopic (exact) mass is 209 g/mol. The minimum atomic E-state index is 0.328. The van der Waals surface area contributed by atoms with Crippen LogP contribution in [0, 0.1) is 0 Å². The van der Waals surface area contributed by atoms with Crippen LogP contribution in [0.4, 0.5) is 0 Å². The van der Waals surface area contributed by atoms with Crippen LogP contribution in [-0.2, 0) is 11.8 Å². The minimum Gasteiger partial charge on any atom is -0.379 e. The van der Waals surface area contributed by atoms with Gasteiger partial charge in [-0.2, -0.15) is 0 Å². The van der Waals surface area contributed by atoms with Crippen LogP contribution in [0.15, 0.2) is 18.3 Å². The molecule has 0 radical (unpaired) electrons. The van der Waals surface area contributed by atoms with Gasteiger partial charge in [-0.3, -0.25) is 4.90 Å². The maximum atomic E-state index is 5.87. The van der Waals surface area contributed by atoms with Crippen LogP contribution in [0.1, 0.15) is 11.7 Å². The molecule has 1 unspecified atom stereocenters. The van der Waals surface area contributed by atoms with E-state index in [1.165, 1.54) is 5.69 Å². The van der Waals surface area contributed by atoms with Crippen molar-refractivity contribution in [3.8, 4) is 0 Å². The molecule has 4 heteroatoms. The third kappa shape index (κ3) is 2.22. The number of aryl methyl sites for hydroxylation is 1. The molecule has 1 fully saturated rings. The Bertz CT molecular complexity index is 305. The first-order chi connectivity index (χ1) is 7.33. The molecule has 2 N–H and O–H groups in total. The lowest BCUT2D eigenvalue weighted by Gasteiger charge is -2.34. The topological polar surface area (TPSA) is 43.4 Å². The second-order valence-electron chi connectivity index (χ2n) is 3.94. The highest BCUT2D eigenvalue weighted by atomic mass is 16.5. The largest absolute Gasteiger partial charge is 0.379 e. The molecular formula is C11H19N3O. The molecule has 1 aromatic rings. The molecule has 0 aliphatic carbocycles. The van der Waals surface area contributed by atoms with E-state index in [9.17, 15) is 0 Å². The lowest BCUT2D eigenvalue weighted by molar-refractivity contribution is 0.0165. The van der Waals surface area contributed by atoms with Crippen molar-refractivity contribution >= 4 is 0 Å². The summed E-state index contributed by atoms with van der Waals surface area (Å²) in [5, 5.41) is 0. The van der Waals surface area contributed by atoms with Crippen LogP contribution in [0.2, 0.25) is 0 Å². The van der Waals surface area contributed by atoms with E-state index < -0.39 is 0 Å². The normalized spacial score (nSPS) is 20.4. The number of rotatable bonds is 3. The molecule has 1 aliphatic rings. The number of morpholine rings is 1. The summed E-state index contributed by atoms with van der Waals surface area (Å²) in [7, 11) is 2.07. The van der Waals surface area contributed by atoms with Gasteiger partial charge in [-0.15, -0.1) is 0 Å². The maximum absolute atomic E-state index is 5.87. The standard InChI is InChI=1S/C11H19N3O/c1-13-4-2-3-10(13)11(9-12)14-5-7-15-8-6-14/h2-4,11H,5-9,12H2,1H3. The molecule has 84 valence electrons. The first kappa shape index (κ1) is 10.7. The number of aromatic nitrogens is 1. The second-order valence-corrected chi connectivity index (χ2v) is 3.94. The van der Waals surface area contributed by atoms with Crippen LogP contribution < -0.4 is 5.73 Å². The highest BCUT2D eigenvalue weighted by molar-refractivity contribution is 5.12. The smallest absolute Gasteiger partial charge is 0.0625 e. The highest BCUT2D eigenvalue weighted by Crippen LogP contribution is 2.20. The lowest BCUT2D eigenvalue weighted by Crippen LogP contribution is -2.42. The third-order valence-electron chi connectivity index (χ3n) is 3.04. The van der Waals surface area contributed by atoms with Crippen molar-refractivity contribution in [1.29, 1.82) is 0 Å². The Hall–Kier alpha value is -0.840. The third-order valence-corrected chi connectivity index (χ3v) is 3.04. The average molecular weight is 209 g/mol. The second kappa shape index (κ2) is 4.79. The van der Waals surface area contributed by atoms with Crippen molar-refractivity contribution in [2.45, 2.75) is 6.04 Å². The number of ether oxygens (including phenoxy) is 1. The van der Waals surface area contributed by atoms with E-state index >= 15 is 0 Å². The van der Waals surface area contributed by atoms with Gasteiger partial charge in [-0.1, -0.05) is 0 Å². The van der Waals surface area contributed by atoms with Gasteiger partial charge in [0.2, 0.25) is 0 Å². The summed E-state index contributed by atoms with van der Waals surface area (Å²) in [5.74, 6) is 0. The van der Waals surface area contributed by atoms with Gasteiger partial charge in [0.15, 0.2) is 0 Å². The molecule has 4 nitrogen and oxygen atoms in total. The Labute approximate surface area is 90.6 Å². The van der Waals surface area contributed by atoms with E-state index in [-0.39, 0.29) is 0 Å². The molecule has 0 aromatic carbocycles. The molecule has 2 heterocycles. The Morgan fingerprint density at radius 1 is 1.47 bits per heavy atom. The van der Waals surface area contributed by atoms with Crippen molar-refractivity contribution in [2.75, 3.05) is 32.8 Å². The van der Waals surface area contributed by atoms with Gasteiger partial charge in [-0.05, 0) is 12.1 Å². The van der Waals surface area contributed by atoms with Crippen LogP contribution in [-0.4, -0.2) is 42.3 Å². The Balaban J connectivity index is 2.12. The van der Waals surface area contributed by atoms with Crippen molar-refractivity contribution in [3.63, 3.8) is 0 Å². The van der Waals surface area contributed by atoms with E-state index in [0.29, 0.717) is 12.6 Å². The molecular weight excluding hydrogens is 190 g/mol. The summed E-state index contributed by atoms with van der Waals surface area (Å²) in [5.41, 5.74) is 7.16. The van der Waals surface area contributed by atoms with Crippen LogP contribution >= 0.6 is 0 Å². The molecule has 0 bridgehead atoms. The number of nitrogens with zero attached hydrogens (tertiary/aromatic N) is 2. The molecule has 2 rings (SSSR count). The summed E-state index contributed by atoms with van der Waals surface area (Å²) in [6.45, 7) is 4.26. The van der Waals surface area contributed by atoms with Gasteiger partial charge >= 0.3 is 0 Å². The first-order valence-corrected chi connectivity index (χ1v) is 5.46. The maximum Gasteiger partial charge on any atom is 0.0625 e. The summed E-state index contributed by atoms with van der Waals surface area (Å²) in [6.07, 6.45) is 2.07. The fourth-order valence-electron chi connectivity index (χ4n) is 2.17. The fourth-order valence-corrected chi connectivity index (χ4v) is 2.17. The van der Waals surface area contributed by atoms with E-state index in [2.05, 4.69) is 34.8 Å². The van der Waals surface area contributed by atoms with Crippen molar-refractivity contribution < 1.29 is 4.74 Å². The lowest BCUT2D eigenvalue weighted by atomic mass is 10.1. The SMILES string of the molecule is Cn1cccc1C(CN)N1CCOCC1. The minimum absolute atomic E-state index is 0.328. The number of hydrogen-bond acceptors (Lipinski definition) is 3. The predicted molar refractivity (Wildman–Crippen MR) is 59.6 cm³/mol. The quantitative estimate of drug-likeness (QED) is 0.781.